The van der Waals surface area contributed by atoms with Crippen molar-refractivity contribution >= 4 is 17.5 Å². The van der Waals surface area contributed by atoms with Gasteiger partial charge in [-0.2, -0.15) is 0 Å². The van der Waals surface area contributed by atoms with Crippen LogP contribution in [0.4, 0.5) is 5.69 Å². The van der Waals surface area contributed by atoms with Crippen molar-refractivity contribution in [2.24, 2.45) is 5.41 Å². The molecule has 1 fully saturated rings. The first-order valence-corrected chi connectivity index (χ1v) is 8.62. The van der Waals surface area contributed by atoms with Crippen LogP contribution in [0.3, 0.4) is 0 Å². The lowest BCUT2D eigenvalue weighted by molar-refractivity contribution is -0.125. The Bertz CT molecular complexity index is 623. The summed E-state index contributed by atoms with van der Waals surface area (Å²) in [6.45, 7) is 2.99. The molecule has 2 aliphatic heterocycles. The van der Waals surface area contributed by atoms with Crippen molar-refractivity contribution in [1.82, 2.24) is 10.6 Å². The van der Waals surface area contributed by atoms with E-state index in [2.05, 4.69) is 10.6 Å². The minimum atomic E-state index is -0.206. The maximum Gasteiger partial charge on any atom is 0.265 e. The van der Waals surface area contributed by atoms with Gasteiger partial charge in [0.15, 0.2) is 6.61 Å². The summed E-state index contributed by atoms with van der Waals surface area (Å²) >= 11 is 0. The van der Waals surface area contributed by atoms with Crippen LogP contribution >= 0.6 is 0 Å². The number of hydrogen-bond donors (Lipinski definition) is 2. The molecule has 136 valence electrons. The lowest BCUT2D eigenvalue weighted by Gasteiger charge is -2.37. The monoisotopic (exact) mass is 347 g/mol. The smallest absolute Gasteiger partial charge is 0.265 e. The Morgan fingerprint density at radius 1 is 1.36 bits per heavy atom. The zero-order chi connectivity index (χ0) is 17.7. The van der Waals surface area contributed by atoms with Crippen LogP contribution in [-0.2, 0) is 14.3 Å². The molecule has 7 heteroatoms. The zero-order valence-corrected chi connectivity index (χ0v) is 14.5. The number of benzene rings is 1. The van der Waals surface area contributed by atoms with E-state index < -0.39 is 0 Å². The van der Waals surface area contributed by atoms with Crippen molar-refractivity contribution in [3.63, 3.8) is 0 Å². The number of nitrogens with one attached hydrogen (secondary N) is 2. The Morgan fingerprint density at radius 3 is 2.88 bits per heavy atom. The molecule has 0 unspecified atom stereocenters. The number of hydrogen-bond acceptors (Lipinski definition) is 5. The number of fused-ring (bicyclic) bond motifs is 1. The van der Waals surface area contributed by atoms with Crippen molar-refractivity contribution in [3.8, 4) is 5.75 Å². The van der Waals surface area contributed by atoms with Crippen LogP contribution in [0.15, 0.2) is 24.3 Å². The second kappa shape index (κ2) is 7.84. The number of amides is 2. The number of nitrogens with zero attached hydrogens (tertiary/aromatic N) is 1. The van der Waals surface area contributed by atoms with Crippen LogP contribution in [0.1, 0.15) is 12.8 Å². The van der Waals surface area contributed by atoms with Crippen LogP contribution in [0.5, 0.6) is 5.75 Å². The number of carbonyl (C=O) groups excluding carboxylic acids is 2. The molecular formula is C18H25N3O4. The molecule has 0 aromatic heterocycles. The highest BCUT2D eigenvalue weighted by molar-refractivity contribution is 6.02. The second-order valence-electron chi connectivity index (χ2n) is 6.70. The summed E-state index contributed by atoms with van der Waals surface area (Å²) in [7, 11) is 1.69. The van der Waals surface area contributed by atoms with E-state index >= 15 is 0 Å². The number of carbonyl (C=O) groups is 2. The van der Waals surface area contributed by atoms with Crippen LogP contribution in [0.2, 0.25) is 0 Å². The van der Waals surface area contributed by atoms with Crippen LogP contribution < -0.4 is 20.3 Å². The second-order valence-corrected chi connectivity index (χ2v) is 6.70. The topological polar surface area (TPSA) is 79.9 Å². The normalized spacial score (nSPS) is 19.1. The summed E-state index contributed by atoms with van der Waals surface area (Å²) in [6.07, 6.45) is 1.92. The third kappa shape index (κ3) is 4.11. The largest absolute Gasteiger partial charge is 0.482 e. The van der Waals surface area contributed by atoms with E-state index in [4.69, 9.17) is 9.47 Å². The highest BCUT2D eigenvalue weighted by atomic mass is 16.5. The third-order valence-electron chi connectivity index (χ3n) is 4.89. The first kappa shape index (κ1) is 17.7. The third-order valence-corrected chi connectivity index (χ3v) is 4.89. The van der Waals surface area contributed by atoms with Crippen molar-refractivity contribution in [1.29, 1.82) is 0 Å². The molecule has 0 bridgehead atoms. The first-order valence-electron chi connectivity index (χ1n) is 8.62. The molecule has 2 amide bonds. The molecule has 2 heterocycles. The Hall–Kier alpha value is -2.12. The fourth-order valence-corrected chi connectivity index (χ4v) is 3.45. The summed E-state index contributed by atoms with van der Waals surface area (Å²) in [5, 5.41) is 6.33. The van der Waals surface area contributed by atoms with Gasteiger partial charge in [0.25, 0.3) is 5.91 Å². The van der Waals surface area contributed by atoms with Gasteiger partial charge in [0, 0.05) is 19.1 Å². The van der Waals surface area contributed by atoms with Gasteiger partial charge in [-0.3, -0.25) is 14.5 Å². The molecule has 25 heavy (non-hydrogen) atoms. The molecule has 1 aromatic carbocycles. The van der Waals surface area contributed by atoms with Gasteiger partial charge in [-0.15, -0.1) is 0 Å². The highest BCUT2D eigenvalue weighted by Crippen LogP contribution is 2.31. The number of para-hydroxylation sites is 2. The average molecular weight is 347 g/mol. The van der Waals surface area contributed by atoms with Crippen molar-refractivity contribution < 1.29 is 19.1 Å². The van der Waals surface area contributed by atoms with Gasteiger partial charge in [0.05, 0.1) is 12.3 Å². The summed E-state index contributed by atoms with van der Waals surface area (Å²) in [6, 6.07) is 7.26. The minimum Gasteiger partial charge on any atom is -0.482 e. The predicted molar refractivity (Wildman–Crippen MR) is 93.7 cm³/mol. The Morgan fingerprint density at radius 2 is 2.12 bits per heavy atom. The molecular weight excluding hydrogens is 322 g/mol. The molecule has 3 rings (SSSR count). The van der Waals surface area contributed by atoms with Crippen LogP contribution in [0, 0.1) is 5.41 Å². The van der Waals surface area contributed by atoms with Gasteiger partial charge in [0.1, 0.15) is 12.3 Å². The van der Waals surface area contributed by atoms with Crippen LogP contribution in [-0.4, -0.2) is 58.3 Å². The average Bonchev–Trinajstić information content (AvgIpc) is 2.64. The number of ether oxygens (including phenoxy) is 2. The van der Waals surface area contributed by atoms with Crippen molar-refractivity contribution in [3.05, 3.63) is 24.3 Å². The maximum absolute atomic E-state index is 12.5. The Balaban J connectivity index is 1.61. The van der Waals surface area contributed by atoms with E-state index in [9.17, 15) is 9.59 Å². The predicted octanol–water partition coefficient (Wildman–Crippen LogP) is 0.544. The molecule has 1 saturated heterocycles. The first-order chi connectivity index (χ1) is 12.1. The van der Waals surface area contributed by atoms with E-state index in [-0.39, 0.29) is 30.4 Å². The summed E-state index contributed by atoms with van der Waals surface area (Å²) < 4.78 is 10.8. The molecule has 0 saturated carbocycles. The SMILES string of the molecule is COCC1(CNC(=O)CN2C(=O)COc3ccccc32)CCNCC1. The zero-order valence-electron chi connectivity index (χ0n) is 14.5. The number of methoxy groups -OCH3 is 1. The van der Waals surface area contributed by atoms with Gasteiger partial charge in [-0.25, -0.2) is 0 Å². The Labute approximate surface area is 147 Å². The summed E-state index contributed by atoms with van der Waals surface area (Å²) in [5.74, 6) is 0.255. The lowest BCUT2D eigenvalue weighted by Crippen LogP contribution is -2.50. The van der Waals surface area contributed by atoms with E-state index in [1.165, 1.54) is 4.90 Å². The van der Waals surface area contributed by atoms with Gasteiger partial charge in [-0.05, 0) is 38.1 Å². The van der Waals surface area contributed by atoms with Gasteiger partial charge < -0.3 is 20.1 Å². The van der Waals surface area contributed by atoms with E-state index in [0.29, 0.717) is 24.6 Å². The lowest BCUT2D eigenvalue weighted by atomic mass is 9.79. The molecule has 1 aromatic rings. The van der Waals surface area contributed by atoms with Crippen LogP contribution in [0.25, 0.3) is 0 Å². The fourth-order valence-electron chi connectivity index (χ4n) is 3.45. The molecule has 2 aliphatic rings. The quantitative estimate of drug-likeness (QED) is 0.785. The summed E-state index contributed by atoms with van der Waals surface area (Å²) in [5.41, 5.74) is 0.602. The number of rotatable bonds is 6. The van der Waals surface area contributed by atoms with Gasteiger partial charge >= 0.3 is 0 Å². The van der Waals surface area contributed by atoms with Gasteiger partial charge in [0.2, 0.25) is 5.91 Å². The van der Waals surface area contributed by atoms with E-state index in [0.717, 1.165) is 25.9 Å². The Kier molecular flexibility index (Phi) is 5.55. The van der Waals surface area contributed by atoms with E-state index in [1.54, 1.807) is 19.2 Å². The van der Waals surface area contributed by atoms with Crippen molar-refractivity contribution in [2.75, 3.05) is 51.4 Å². The fraction of sp³-hybridized carbons (Fsp3) is 0.556. The molecule has 0 radical (unpaired) electrons. The molecule has 7 nitrogen and oxygen atoms in total. The maximum atomic E-state index is 12.5. The standard InChI is InChI=1S/C18H25N3O4/c1-24-13-18(6-8-19-9-7-18)12-20-16(22)10-21-14-4-2-3-5-15(14)25-11-17(21)23/h2-5,19H,6-13H2,1H3,(H,20,22). The van der Waals surface area contributed by atoms with E-state index in [1.807, 2.05) is 12.1 Å². The molecule has 0 aliphatic carbocycles. The summed E-state index contributed by atoms with van der Waals surface area (Å²) in [4.78, 5) is 26.1. The van der Waals surface area contributed by atoms with Gasteiger partial charge in [-0.1, -0.05) is 12.1 Å². The van der Waals surface area contributed by atoms with Crippen molar-refractivity contribution in [2.45, 2.75) is 12.8 Å². The highest BCUT2D eigenvalue weighted by Gasteiger charge is 2.33. The number of piperidine rings is 1. The molecule has 0 spiro atoms. The minimum absolute atomic E-state index is 0.000515. The molecule has 2 N–H and O–H groups in total. The number of anilines is 1. The molecule has 0 atom stereocenters.